The summed E-state index contributed by atoms with van der Waals surface area (Å²) in [5, 5.41) is 2.55. The molecule has 1 aromatic carbocycles. The average Bonchev–Trinajstić information content (AvgIpc) is 2.29. The SMILES string of the molecule is O=C(Nc1cccc(F)n1)c1ccccc1I. The van der Waals surface area contributed by atoms with E-state index in [1.165, 1.54) is 18.2 Å². The van der Waals surface area contributed by atoms with Crippen LogP contribution in [0.5, 0.6) is 0 Å². The minimum atomic E-state index is -0.620. The third-order valence-electron chi connectivity index (χ3n) is 2.08. The molecule has 0 saturated heterocycles. The molecule has 86 valence electrons. The molecule has 0 bridgehead atoms. The number of hydrogen-bond donors (Lipinski definition) is 1. The van der Waals surface area contributed by atoms with E-state index in [2.05, 4.69) is 32.9 Å². The second-order valence-electron chi connectivity index (χ2n) is 3.28. The molecule has 0 fully saturated rings. The molecule has 17 heavy (non-hydrogen) atoms. The standard InChI is InChI=1S/C12H8FIN2O/c13-10-6-3-7-11(15-10)16-12(17)8-4-1-2-5-9(8)14/h1-7H,(H,15,16,17). The van der Waals surface area contributed by atoms with Crippen LogP contribution in [0.25, 0.3) is 0 Å². The van der Waals surface area contributed by atoms with Gasteiger partial charge in [0.05, 0.1) is 5.56 Å². The minimum Gasteiger partial charge on any atom is -0.306 e. The van der Waals surface area contributed by atoms with Crippen LogP contribution in [0.4, 0.5) is 10.2 Å². The van der Waals surface area contributed by atoms with Gasteiger partial charge in [0.15, 0.2) is 0 Å². The molecule has 0 aliphatic carbocycles. The average molecular weight is 342 g/mol. The zero-order valence-corrected chi connectivity index (χ0v) is 10.8. The van der Waals surface area contributed by atoms with E-state index in [0.29, 0.717) is 5.56 Å². The van der Waals surface area contributed by atoms with Gasteiger partial charge in [-0.2, -0.15) is 4.39 Å². The van der Waals surface area contributed by atoms with E-state index < -0.39 is 5.95 Å². The predicted molar refractivity (Wildman–Crippen MR) is 71.3 cm³/mol. The third-order valence-corrected chi connectivity index (χ3v) is 3.02. The number of aromatic nitrogens is 1. The monoisotopic (exact) mass is 342 g/mol. The van der Waals surface area contributed by atoms with E-state index in [-0.39, 0.29) is 11.7 Å². The van der Waals surface area contributed by atoms with Crippen molar-refractivity contribution < 1.29 is 9.18 Å². The lowest BCUT2D eigenvalue weighted by Crippen LogP contribution is -2.14. The lowest BCUT2D eigenvalue weighted by atomic mass is 10.2. The second-order valence-corrected chi connectivity index (χ2v) is 4.44. The van der Waals surface area contributed by atoms with Crippen LogP contribution in [0.2, 0.25) is 0 Å². The lowest BCUT2D eigenvalue weighted by Gasteiger charge is -2.05. The summed E-state index contributed by atoms with van der Waals surface area (Å²) in [6.07, 6.45) is 0. The zero-order chi connectivity index (χ0) is 12.3. The molecule has 1 aromatic heterocycles. The molecule has 0 unspecified atom stereocenters. The van der Waals surface area contributed by atoms with E-state index in [1.54, 1.807) is 12.1 Å². The molecule has 2 aromatic rings. The summed E-state index contributed by atoms with van der Waals surface area (Å²) >= 11 is 2.07. The number of amides is 1. The number of carbonyl (C=O) groups is 1. The summed E-state index contributed by atoms with van der Waals surface area (Å²) in [6, 6.07) is 11.4. The largest absolute Gasteiger partial charge is 0.306 e. The van der Waals surface area contributed by atoms with Crippen molar-refractivity contribution in [3.8, 4) is 0 Å². The number of anilines is 1. The molecule has 0 aliphatic rings. The molecule has 3 nitrogen and oxygen atoms in total. The van der Waals surface area contributed by atoms with E-state index in [9.17, 15) is 9.18 Å². The van der Waals surface area contributed by atoms with Crippen molar-refractivity contribution >= 4 is 34.3 Å². The Bertz CT molecular complexity index is 560. The van der Waals surface area contributed by atoms with Gasteiger partial charge in [-0.15, -0.1) is 0 Å². The molecule has 1 N–H and O–H groups in total. The van der Waals surface area contributed by atoms with Gasteiger partial charge in [0.2, 0.25) is 5.95 Å². The topological polar surface area (TPSA) is 42.0 Å². The fourth-order valence-corrected chi connectivity index (χ4v) is 1.94. The maximum Gasteiger partial charge on any atom is 0.257 e. The number of benzene rings is 1. The van der Waals surface area contributed by atoms with Gasteiger partial charge in [0.1, 0.15) is 5.82 Å². The molecule has 1 heterocycles. The Balaban J connectivity index is 2.20. The van der Waals surface area contributed by atoms with Crippen LogP contribution in [0.3, 0.4) is 0 Å². The van der Waals surface area contributed by atoms with Crippen molar-refractivity contribution in [3.63, 3.8) is 0 Å². The maximum absolute atomic E-state index is 12.8. The van der Waals surface area contributed by atoms with Crippen molar-refractivity contribution in [2.24, 2.45) is 0 Å². The second kappa shape index (κ2) is 5.22. The molecular weight excluding hydrogens is 334 g/mol. The van der Waals surface area contributed by atoms with E-state index >= 15 is 0 Å². The predicted octanol–water partition coefficient (Wildman–Crippen LogP) is 3.08. The van der Waals surface area contributed by atoms with Crippen molar-refractivity contribution in [1.29, 1.82) is 0 Å². The molecule has 0 saturated carbocycles. The maximum atomic E-state index is 12.8. The Morgan fingerprint density at radius 3 is 2.65 bits per heavy atom. The van der Waals surface area contributed by atoms with Crippen molar-refractivity contribution in [2.75, 3.05) is 5.32 Å². The molecule has 2 rings (SSSR count). The normalized spacial score (nSPS) is 10.0. The van der Waals surface area contributed by atoms with Crippen LogP contribution < -0.4 is 5.32 Å². The molecule has 1 amide bonds. The van der Waals surface area contributed by atoms with Crippen LogP contribution >= 0.6 is 22.6 Å². The highest BCUT2D eigenvalue weighted by Crippen LogP contribution is 2.13. The third kappa shape index (κ3) is 3.00. The van der Waals surface area contributed by atoms with E-state index in [4.69, 9.17) is 0 Å². The molecule has 0 radical (unpaired) electrons. The quantitative estimate of drug-likeness (QED) is 0.673. The zero-order valence-electron chi connectivity index (χ0n) is 8.65. The highest BCUT2D eigenvalue weighted by atomic mass is 127. The molecule has 0 aliphatic heterocycles. The summed E-state index contributed by atoms with van der Waals surface area (Å²) in [7, 11) is 0. The van der Waals surface area contributed by atoms with Crippen LogP contribution in [0.15, 0.2) is 42.5 Å². The van der Waals surface area contributed by atoms with Gasteiger partial charge in [0.25, 0.3) is 5.91 Å². The number of pyridine rings is 1. The van der Waals surface area contributed by atoms with Crippen LogP contribution in [-0.2, 0) is 0 Å². The van der Waals surface area contributed by atoms with Gasteiger partial charge < -0.3 is 5.32 Å². The highest BCUT2D eigenvalue weighted by molar-refractivity contribution is 14.1. The molecule has 5 heteroatoms. The van der Waals surface area contributed by atoms with Crippen LogP contribution in [-0.4, -0.2) is 10.9 Å². The summed E-state index contributed by atoms with van der Waals surface area (Å²) in [6.45, 7) is 0. The first-order valence-electron chi connectivity index (χ1n) is 4.85. The first-order chi connectivity index (χ1) is 8.16. The number of halogens is 2. The Morgan fingerprint density at radius 2 is 1.94 bits per heavy atom. The number of hydrogen-bond acceptors (Lipinski definition) is 2. The van der Waals surface area contributed by atoms with Crippen molar-refractivity contribution in [2.45, 2.75) is 0 Å². The first kappa shape index (κ1) is 12.0. The van der Waals surface area contributed by atoms with Gasteiger partial charge in [-0.05, 0) is 46.9 Å². The van der Waals surface area contributed by atoms with Crippen molar-refractivity contribution in [3.05, 3.63) is 57.5 Å². The fourth-order valence-electron chi connectivity index (χ4n) is 1.31. The Morgan fingerprint density at radius 1 is 1.18 bits per heavy atom. The van der Waals surface area contributed by atoms with E-state index in [1.807, 2.05) is 12.1 Å². The summed E-state index contributed by atoms with van der Waals surface area (Å²) in [5.74, 6) is -0.715. The van der Waals surface area contributed by atoms with Gasteiger partial charge in [-0.25, -0.2) is 4.98 Å². The Labute approximate surface area is 111 Å². The van der Waals surface area contributed by atoms with Crippen molar-refractivity contribution in [1.82, 2.24) is 4.98 Å². The number of nitrogens with zero attached hydrogens (tertiary/aromatic N) is 1. The van der Waals surface area contributed by atoms with Gasteiger partial charge in [0, 0.05) is 3.57 Å². The first-order valence-corrected chi connectivity index (χ1v) is 5.93. The van der Waals surface area contributed by atoms with Crippen LogP contribution in [0.1, 0.15) is 10.4 Å². The Kier molecular flexibility index (Phi) is 3.68. The molecule has 0 atom stereocenters. The Hall–Kier alpha value is -1.50. The fraction of sp³-hybridized carbons (Fsp3) is 0. The number of nitrogens with one attached hydrogen (secondary N) is 1. The summed E-state index contributed by atoms with van der Waals surface area (Å²) in [4.78, 5) is 15.4. The summed E-state index contributed by atoms with van der Waals surface area (Å²) < 4.78 is 13.7. The highest BCUT2D eigenvalue weighted by Gasteiger charge is 2.09. The lowest BCUT2D eigenvalue weighted by molar-refractivity contribution is 0.102. The van der Waals surface area contributed by atoms with Gasteiger partial charge in [-0.1, -0.05) is 18.2 Å². The number of rotatable bonds is 2. The summed E-state index contributed by atoms with van der Waals surface area (Å²) in [5.41, 5.74) is 0.541. The minimum absolute atomic E-state index is 0.203. The van der Waals surface area contributed by atoms with E-state index in [0.717, 1.165) is 3.57 Å². The molecule has 0 spiro atoms. The van der Waals surface area contributed by atoms with Gasteiger partial charge in [-0.3, -0.25) is 4.79 Å². The smallest absolute Gasteiger partial charge is 0.257 e. The number of carbonyl (C=O) groups excluding carboxylic acids is 1. The van der Waals surface area contributed by atoms with Gasteiger partial charge >= 0.3 is 0 Å². The van der Waals surface area contributed by atoms with Crippen LogP contribution in [0, 0.1) is 9.52 Å². The molecular formula is C12H8FIN2O.